The van der Waals surface area contributed by atoms with Crippen LogP contribution in [-0.4, -0.2) is 123 Å². The molecular formula is C23H39NO11. The van der Waals surface area contributed by atoms with Gasteiger partial charge in [-0.1, -0.05) is 0 Å². The predicted molar refractivity (Wildman–Crippen MR) is 124 cm³/mol. The summed E-state index contributed by atoms with van der Waals surface area (Å²) in [7, 11) is 4.77. The Morgan fingerprint density at radius 1 is 0.743 bits per heavy atom. The second-order valence-electron chi connectivity index (χ2n) is 7.06. The van der Waals surface area contributed by atoms with Crippen molar-refractivity contribution in [2.24, 2.45) is 0 Å². The number of carbonyl (C=O) groups is 1. The largest absolute Gasteiger partial charge is 0.478 e. The molecule has 0 radical (unpaired) electrons. The first-order chi connectivity index (χ1) is 17.1. The van der Waals surface area contributed by atoms with Crippen LogP contribution in [0.25, 0.3) is 0 Å². The van der Waals surface area contributed by atoms with E-state index in [-0.39, 0.29) is 51.6 Å². The molecule has 0 aromatic carbocycles. The molecule has 0 fully saturated rings. The number of carboxylic acid groups (broad SMARTS) is 1. The molecule has 35 heavy (non-hydrogen) atoms. The number of pyridine rings is 1. The van der Waals surface area contributed by atoms with E-state index in [4.69, 9.17) is 42.6 Å². The molecular weight excluding hydrogens is 466 g/mol. The first-order valence-corrected chi connectivity index (χ1v) is 11.4. The number of aromatic carboxylic acids is 1. The van der Waals surface area contributed by atoms with E-state index < -0.39 is 11.9 Å². The molecule has 0 bridgehead atoms. The van der Waals surface area contributed by atoms with Crippen molar-refractivity contribution in [3.63, 3.8) is 0 Å². The monoisotopic (exact) mass is 505 g/mol. The van der Waals surface area contributed by atoms with Gasteiger partial charge in [-0.25, -0.2) is 4.79 Å². The van der Waals surface area contributed by atoms with Crippen LogP contribution in [0.4, 0.5) is 0 Å². The van der Waals surface area contributed by atoms with E-state index >= 15 is 0 Å². The van der Waals surface area contributed by atoms with Gasteiger partial charge in [-0.3, -0.25) is 4.98 Å². The van der Waals surface area contributed by atoms with Gasteiger partial charge in [-0.15, -0.1) is 0 Å². The van der Waals surface area contributed by atoms with E-state index in [0.717, 1.165) is 0 Å². The van der Waals surface area contributed by atoms with E-state index in [1.165, 1.54) is 18.3 Å². The molecule has 0 amide bonds. The highest BCUT2D eigenvalue weighted by Crippen LogP contribution is 2.22. The lowest BCUT2D eigenvalue weighted by molar-refractivity contribution is -0.384. The Morgan fingerprint density at radius 2 is 1.17 bits per heavy atom. The minimum absolute atomic E-state index is 0.0301. The maximum Gasteiger partial charge on any atom is 0.335 e. The molecule has 0 aliphatic heterocycles. The van der Waals surface area contributed by atoms with Crippen molar-refractivity contribution >= 4 is 5.97 Å². The number of aromatic nitrogens is 1. The molecule has 202 valence electrons. The molecule has 0 unspecified atom stereocenters. The lowest BCUT2D eigenvalue weighted by Gasteiger charge is -2.33. The Morgan fingerprint density at radius 3 is 1.57 bits per heavy atom. The zero-order chi connectivity index (χ0) is 25.6. The lowest BCUT2D eigenvalue weighted by Crippen LogP contribution is -2.44. The average molecular weight is 506 g/mol. The van der Waals surface area contributed by atoms with Crippen molar-refractivity contribution in [1.82, 2.24) is 4.98 Å². The number of hydrogen-bond acceptors (Lipinski definition) is 11. The van der Waals surface area contributed by atoms with Crippen molar-refractivity contribution < 1.29 is 52.5 Å². The van der Waals surface area contributed by atoms with Gasteiger partial charge < -0.3 is 47.7 Å². The van der Waals surface area contributed by atoms with Crippen LogP contribution < -0.4 is 0 Å². The first kappa shape index (κ1) is 31.3. The van der Waals surface area contributed by atoms with Gasteiger partial charge in [0.25, 0.3) is 5.97 Å². The maximum atomic E-state index is 11.4. The van der Waals surface area contributed by atoms with Crippen LogP contribution >= 0.6 is 0 Å². The van der Waals surface area contributed by atoms with Crippen molar-refractivity contribution in [2.75, 3.05) is 101 Å². The number of nitrogens with zero attached hydrogens (tertiary/aromatic N) is 1. The average Bonchev–Trinajstić information content (AvgIpc) is 2.85. The Labute approximate surface area is 206 Å². The Hall–Kier alpha value is -1.74. The Bertz CT molecular complexity index is 621. The van der Waals surface area contributed by atoms with Gasteiger partial charge in [0.15, 0.2) is 0 Å². The number of carboxylic acids is 1. The topological polar surface area (TPSA) is 133 Å². The smallest absolute Gasteiger partial charge is 0.335 e. The molecule has 0 spiro atoms. The van der Waals surface area contributed by atoms with Gasteiger partial charge in [0.05, 0.1) is 91.3 Å². The summed E-state index contributed by atoms with van der Waals surface area (Å²) in [6.45, 7) is 3.89. The summed E-state index contributed by atoms with van der Waals surface area (Å²) < 4.78 is 49.4. The van der Waals surface area contributed by atoms with Gasteiger partial charge in [0, 0.05) is 33.2 Å². The fourth-order valence-electron chi connectivity index (χ4n) is 2.71. The highest BCUT2D eigenvalue weighted by atomic mass is 16.9. The molecule has 1 aromatic heterocycles. The number of ether oxygens (including phenoxy) is 9. The molecule has 0 aliphatic rings. The molecule has 1 N–H and O–H groups in total. The van der Waals surface area contributed by atoms with Crippen LogP contribution in [0.1, 0.15) is 16.1 Å². The van der Waals surface area contributed by atoms with E-state index in [9.17, 15) is 9.90 Å². The van der Waals surface area contributed by atoms with Crippen molar-refractivity contribution in [3.8, 4) is 0 Å². The number of hydrogen-bond donors (Lipinski definition) is 1. The molecule has 12 heteroatoms. The molecule has 1 rings (SSSR count). The Kier molecular flexibility index (Phi) is 18.3. The molecule has 0 saturated heterocycles. The van der Waals surface area contributed by atoms with E-state index in [0.29, 0.717) is 45.3 Å². The zero-order valence-corrected chi connectivity index (χ0v) is 20.9. The predicted octanol–water partition coefficient (Wildman–Crippen LogP) is 1.01. The fraction of sp³-hybridized carbons (Fsp3) is 0.739. The summed E-state index contributed by atoms with van der Waals surface area (Å²) in [6, 6.07) is 2.86. The van der Waals surface area contributed by atoms with Gasteiger partial charge in [-0.05, 0) is 12.1 Å². The Balaban J connectivity index is 2.89. The molecule has 1 heterocycles. The summed E-state index contributed by atoms with van der Waals surface area (Å²) in [5.41, 5.74) is 0.517. The third kappa shape index (κ3) is 15.1. The van der Waals surface area contributed by atoms with Crippen LogP contribution in [0.3, 0.4) is 0 Å². The number of methoxy groups -OCH3 is 3. The standard InChI is InChI=1S/C23H39NO11/c1-27-6-9-30-12-15-33-23(34-16-13-31-10-7-28-2,35-17-14-32-11-8-29-3)19-21-18-20(22(25)26)4-5-24-21/h4-5,18H,6-17,19H2,1-3H3,(H,25,26). The normalized spacial score (nSPS) is 11.7. The van der Waals surface area contributed by atoms with Gasteiger partial charge in [0.1, 0.15) is 0 Å². The van der Waals surface area contributed by atoms with Crippen LogP contribution in [-0.2, 0) is 49.1 Å². The highest BCUT2D eigenvalue weighted by molar-refractivity contribution is 5.87. The zero-order valence-electron chi connectivity index (χ0n) is 20.9. The van der Waals surface area contributed by atoms with Gasteiger partial charge in [0.2, 0.25) is 0 Å². The second kappa shape index (κ2) is 20.5. The fourth-order valence-corrected chi connectivity index (χ4v) is 2.71. The van der Waals surface area contributed by atoms with Crippen LogP contribution in [0, 0.1) is 0 Å². The summed E-state index contributed by atoms with van der Waals surface area (Å²) >= 11 is 0. The quantitative estimate of drug-likeness (QED) is 0.159. The van der Waals surface area contributed by atoms with E-state index in [2.05, 4.69) is 4.98 Å². The molecule has 0 saturated carbocycles. The summed E-state index contributed by atoms with van der Waals surface area (Å²) in [5.74, 6) is -2.63. The van der Waals surface area contributed by atoms with Gasteiger partial charge >= 0.3 is 5.97 Å². The van der Waals surface area contributed by atoms with Gasteiger partial charge in [-0.2, -0.15) is 0 Å². The minimum Gasteiger partial charge on any atom is -0.478 e. The van der Waals surface area contributed by atoms with Crippen LogP contribution in [0.2, 0.25) is 0 Å². The summed E-state index contributed by atoms with van der Waals surface area (Å²) in [4.78, 5) is 15.7. The SMILES string of the molecule is COCCOCCOC(Cc1cc(C(=O)O)ccn1)(OCCOCCOC)OCCOCCOC. The van der Waals surface area contributed by atoms with Crippen LogP contribution in [0.5, 0.6) is 0 Å². The molecule has 12 nitrogen and oxygen atoms in total. The first-order valence-electron chi connectivity index (χ1n) is 11.4. The lowest BCUT2D eigenvalue weighted by atomic mass is 10.1. The molecule has 0 aliphatic carbocycles. The minimum atomic E-state index is -1.57. The second-order valence-corrected chi connectivity index (χ2v) is 7.06. The van der Waals surface area contributed by atoms with Crippen molar-refractivity contribution in [1.29, 1.82) is 0 Å². The molecule has 0 atom stereocenters. The van der Waals surface area contributed by atoms with Crippen molar-refractivity contribution in [2.45, 2.75) is 12.4 Å². The van der Waals surface area contributed by atoms with E-state index in [1.54, 1.807) is 21.3 Å². The third-order valence-electron chi connectivity index (χ3n) is 4.41. The number of rotatable bonds is 24. The maximum absolute atomic E-state index is 11.4. The van der Waals surface area contributed by atoms with E-state index in [1.807, 2.05) is 0 Å². The van der Waals surface area contributed by atoms with Crippen molar-refractivity contribution in [3.05, 3.63) is 29.6 Å². The molecule has 1 aromatic rings. The van der Waals surface area contributed by atoms with Crippen LogP contribution in [0.15, 0.2) is 18.3 Å². The summed E-state index contributed by atoms with van der Waals surface area (Å²) in [6.07, 6.45) is 1.45. The summed E-state index contributed by atoms with van der Waals surface area (Å²) in [5, 5.41) is 9.34. The highest BCUT2D eigenvalue weighted by Gasteiger charge is 2.35. The third-order valence-corrected chi connectivity index (χ3v) is 4.41.